The van der Waals surface area contributed by atoms with Gasteiger partial charge in [0.15, 0.2) is 5.75 Å². The van der Waals surface area contributed by atoms with Gasteiger partial charge in [0, 0.05) is 0 Å². The van der Waals surface area contributed by atoms with Gasteiger partial charge in [-0.15, -0.1) is 10.2 Å². The van der Waals surface area contributed by atoms with E-state index in [1.54, 1.807) is 0 Å². The molecular weight excluding hydrogens is 515 g/mol. The average molecular weight is 520 g/mol. The highest BCUT2D eigenvalue weighted by Gasteiger charge is 2.28. The van der Waals surface area contributed by atoms with Crippen LogP contribution < -0.4 is 0 Å². The normalized spacial score (nSPS) is 12.9. The number of phenolic OH excluding ortho intramolecular Hbond substituents is 1. The molecule has 0 bridgehead atoms. The van der Waals surface area contributed by atoms with Gasteiger partial charge in [0.2, 0.25) is 0 Å². The highest BCUT2D eigenvalue weighted by Crippen LogP contribution is 2.44. The molecule has 11 nitrogen and oxygen atoms in total. The number of hydrogen-bond acceptors (Lipinski definition) is 10. The number of halogens is 3. The number of phenols is 1. The van der Waals surface area contributed by atoms with Crippen LogP contribution in [-0.4, -0.2) is 39.8 Å². The Morgan fingerprint density at radius 3 is 2.03 bits per heavy atom. The summed E-state index contributed by atoms with van der Waals surface area (Å²) in [6, 6.07) is 1.53. The molecule has 0 unspecified atom stereocenters. The van der Waals surface area contributed by atoms with E-state index in [1.807, 2.05) is 0 Å². The summed E-state index contributed by atoms with van der Waals surface area (Å²) < 4.78 is 72.9. The van der Waals surface area contributed by atoms with Crippen molar-refractivity contribution in [3.05, 3.63) is 27.2 Å². The van der Waals surface area contributed by atoms with Gasteiger partial charge in [-0.1, -0.05) is 34.8 Å². The van der Waals surface area contributed by atoms with Gasteiger partial charge in [-0.2, -0.15) is 25.6 Å². The fourth-order valence-electron chi connectivity index (χ4n) is 2.12. The first kappa shape index (κ1) is 22.0. The second-order valence-corrected chi connectivity index (χ2v) is 9.66. The Kier molecular flexibility index (Phi) is 5.74. The van der Waals surface area contributed by atoms with E-state index in [1.165, 1.54) is 0 Å². The monoisotopic (exact) mass is 518 g/mol. The molecule has 0 aliphatic rings. The number of azo groups is 1. The molecule has 1 aromatic heterocycles. The third-order valence-electron chi connectivity index (χ3n) is 3.37. The maximum atomic E-state index is 11.8. The summed E-state index contributed by atoms with van der Waals surface area (Å²) in [7, 11) is -9.96. The molecule has 3 N–H and O–H groups in total. The Balaban J connectivity index is 2.34. The lowest BCUT2D eigenvalue weighted by Gasteiger charge is -2.07. The van der Waals surface area contributed by atoms with Crippen LogP contribution in [-0.2, 0) is 20.2 Å². The van der Waals surface area contributed by atoms with Crippen molar-refractivity contribution in [2.45, 2.75) is 9.79 Å². The molecule has 0 radical (unpaired) electrons. The summed E-state index contributed by atoms with van der Waals surface area (Å²) in [6.45, 7) is 0. The summed E-state index contributed by atoms with van der Waals surface area (Å²) in [4.78, 5) is -1.91. The van der Waals surface area contributed by atoms with Crippen LogP contribution >= 0.6 is 46.5 Å². The number of nitrogens with zero attached hydrogens (tertiary/aromatic N) is 4. The number of fused-ring (bicyclic) bond motifs is 1. The van der Waals surface area contributed by atoms with Crippen LogP contribution in [0.4, 0.5) is 11.4 Å². The lowest BCUT2D eigenvalue weighted by atomic mass is 10.2. The zero-order valence-electron chi connectivity index (χ0n) is 13.3. The van der Waals surface area contributed by atoms with Crippen molar-refractivity contribution in [1.82, 2.24) is 8.75 Å². The van der Waals surface area contributed by atoms with Gasteiger partial charge in [-0.25, -0.2) is 0 Å². The molecule has 3 rings (SSSR count). The van der Waals surface area contributed by atoms with E-state index in [0.717, 1.165) is 6.07 Å². The number of aromatic hydroxyl groups is 1. The summed E-state index contributed by atoms with van der Waals surface area (Å²) in [5.74, 6) is -0.514. The van der Waals surface area contributed by atoms with Crippen molar-refractivity contribution in [3.63, 3.8) is 0 Å². The predicted octanol–water partition coefficient (Wildman–Crippen LogP) is 4.27. The number of rotatable bonds is 4. The highest BCUT2D eigenvalue weighted by molar-refractivity contribution is 7.87. The molecule has 0 saturated heterocycles. The van der Waals surface area contributed by atoms with Gasteiger partial charge >= 0.3 is 0 Å². The standard InChI is InChI=1S/C12H5Cl3N4O7S3/c13-3-1-4(7(14)8(15)12(3)20)16-17-9-5(28(21,22)23)2-6(29(24,25)26)10-11(9)19-27-18-10/h1-2,20H,(H,21,22,23)(H,24,25,26). The Morgan fingerprint density at radius 1 is 0.862 bits per heavy atom. The topological polar surface area (TPSA) is 179 Å². The van der Waals surface area contributed by atoms with Crippen molar-refractivity contribution in [1.29, 1.82) is 0 Å². The van der Waals surface area contributed by atoms with Crippen molar-refractivity contribution >= 4 is 89.2 Å². The van der Waals surface area contributed by atoms with E-state index < -0.39 is 47.0 Å². The maximum absolute atomic E-state index is 11.8. The fourth-order valence-corrected chi connectivity index (χ4v) is 4.74. The molecule has 2 aromatic carbocycles. The van der Waals surface area contributed by atoms with Gasteiger partial charge < -0.3 is 5.11 Å². The Hall–Kier alpha value is -1.65. The van der Waals surface area contributed by atoms with Crippen LogP contribution in [0, 0.1) is 0 Å². The minimum Gasteiger partial charge on any atom is -0.505 e. The number of hydrogen-bond donors (Lipinski definition) is 3. The zero-order valence-corrected chi connectivity index (χ0v) is 18.0. The van der Waals surface area contributed by atoms with Crippen LogP contribution in [0.5, 0.6) is 5.75 Å². The van der Waals surface area contributed by atoms with Crippen LogP contribution in [0.15, 0.2) is 32.2 Å². The first-order chi connectivity index (χ1) is 13.3. The van der Waals surface area contributed by atoms with Crippen LogP contribution in [0.1, 0.15) is 0 Å². The molecule has 0 aliphatic carbocycles. The molecule has 0 atom stereocenters. The van der Waals surface area contributed by atoms with Crippen molar-refractivity contribution < 1.29 is 31.0 Å². The lowest BCUT2D eigenvalue weighted by molar-refractivity contribution is 0.475. The molecule has 0 amide bonds. The van der Waals surface area contributed by atoms with E-state index in [9.17, 15) is 31.0 Å². The molecule has 0 fully saturated rings. The van der Waals surface area contributed by atoms with Gasteiger partial charge in [0.1, 0.15) is 37.2 Å². The number of benzene rings is 2. The highest BCUT2D eigenvalue weighted by atomic mass is 35.5. The predicted molar refractivity (Wildman–Crippen MR) is 104 cm³/mol. The van der Waals surface area contributed by atoms with Crippen molar-refractivity contribution in [2.75, 3.05) is 0 Å². The summed E-state index contributed by atoms with van der Waals surface area (Å²) in [5, 5.41) is 16.2. The molecule has 29 heavy (non-hydrogen) atoms. The van der Waals surface area contributed by atoms with Crippen LogP contribution in [0.2, 0.25) is 15.1 Å². The molecule has 154 valence electrons. The summed E-state index contributed by atoms with van der Waals surface area (Å²) in [6.07, 6.45) is 0. The van der Waals surface area contributed by atoms with Crippen LogP contribution in [0.3, 0.4) is 0 Å². The number of aromatic nitrogens is 2. The first-order valence-electron chi connectivity index (χ1n) is 6.84. The minimum atomic E-state index is -5.04. The lowest BCUT2D eigenvalue weighted by Crippen LogP contribution is -2.05. The van der Waals surface area contributed by atoms with Crippen molar-refractivity contribution in [2.24, 2.45) is 10.2 Å². The largest absolute Gasteiger partial charge is 0.505 e. The quantitative estimate of drug-likeness (QED) is 0.258. The first-order valence-corrected chi connectivity index (χ1v) is 11.6. The average Bonchev–Trinajstić information content (AvgIpc) is 3.08. The maximum Gasteiger partial charge on any atom is 0.296 e. The van der Waals surface area contributed by atoms with E-state index in [-0.39, 0.29) is 26.3 Å². The molecule has 3 aromatic rings. The van der Waals surface area contributed by atoms with E-state index >= 15 is 0 Å². The molecule has 0 aliphatic heterocycles. The Bertz CT molecular complexity index is 1400. The van der Waals surface area contributed by atoms with E-state index in [0.29, 0.717) is 17.8 Å². The molecule has 1 heterocycles. The molecule has 0 saturated carbocycles. The summed E-state index contributed by atoms with van der Waals surface area (Å²) >= 11 is 18.0. The molecular formula is C12H5Cl3N4O7S3. The molecule has 17 heteroatoms. The van der Waals surface area contributed by atoms with Gasteiger partial charge in [0.25, 0.3) is 20.2 Å². The molecule has 0 spiro atoms. The SMILES string of the molecule is O=S(=O)(O)c1cc(S(=O)(=O)O)c2nsnc2c1N=Nc1cc(Cl)c(O)c(Cl)c1Cl. The van der Waals surface area contributed by atoms with Gasteiger partial charge in [0.05, 0.1) is 21.8 Å². The third-order valence-corrected chi connectivity index (χ3v) is 6.77. The summed E-state index contributed by atoms with van der Waals surface area (Å²) in [5.41, 5.74) is -1.55. The minimum absolute atomic E-state index is 0.184. The van der Waals surface area contributed by atoms with Crippen molar-refractivity contribution in [3.8, 4) is 5.75 Å². The van der Waals surface area contributed by atoms with Gasteiger partial charge in [-0.05, 0) is 12.1 Å². The van der Waals surface area contributed by atoms with Gasteiger partial charge in [-0.3, -0.25) is 9.11 Å². The van der Waals surface area contributed by atoms with E-state index in [2.05, 4.69) is 19.0 Å². The second kappa shape index (κ2) is 7.55. The Labute approximate surface area is 181 Å². The fraction of sp³-hybridized carbons (Fsp3) is 0. The third kappa shape index (κ3) is 4.15. The van der Waals surface area contributed by atoms with E-state index in [4.69, 9.17) is 34.8 Å². The Morgan fingerprint density at radius 2 is 1.45 bits per heavy atom. The smallest absolute Gasteiger partial charge is 0.296 e. The second-order valence-electron chi connectivity index (χ2n) is 5.19. The van der Waals surface area contributed by atoms with Crippen LogP contribution in [0.25, 0.3) is 11.0 Å². The zero-order chi connectivity index (χ0) is 21.7.